The van der Waals surface area contributed by atoms with E-state index in [1.165, 1.54) is 0 Å². The summed E-state index contributed by atoms with van der Waals surface area (Å²) in [7, 11) is 1.56. The number of carbonyl (C=O) groups is 2. The van der Waals surface area contributed by atoms with Crippen molar-refractivity contribution in [2.45, 2.75) is 30.7 Å². The number of benzene rings is 1. The number of hydrogen-bond donors (Lipinski definition) is 2. The van der Waals surface area contributed by atoms with Gasteiger partial charge in [-0.25, -0.2) is 0 Å². The van der Waals surface area contributed by atoms with Crippen molar-refractivity contribution in [3.8, 4) is 5.75 Å². The van der Waals surface area contributed by atoms with E-state index >= 15 is 0 Å². The smallest absolute Gasteiger partial charge is 0.277 e. The van der Waals surface area contributed by atoms with Gasteiger partial charge in [-0.05, 0) is 37.1 Å². The summed E-state index contributed by atoms with van der Waals surface area (Å²) >= 11 is 1.15. The van der Waals surface area contributed by atoms with Gasteiger partial charge in [-0.2, -0.15) is 0 Å². The Bertz CT molecular complexity index is 790. The number of carbonyl (C=O) groups excluding carboxylic acids is 2. The number of thioether (sulfide) groups is 1. The van der Waals surface area contributed by atoms with Gasteiger partial charge in [-0.3, -0.25) is 9.59 Å². The second kappa shape index (κ2) is 10.1. The van der Waals surface area contributed by atoms with Crippen LogP contribution in [0.3, 0.4) is 0 Å². The summed E-state index contributed by atoms with van der Waals surface area (Å²) < 4.78 is 16.0. The summed E-state index contributed by atoms with van der Waals surface area (Å²) in [5.74, 6) is 0.739. The molecule has 1 atom stereocenters. The molecule has 1 saturated heterocycles. The van der Waals surface area contributed by atoms with Gasteiger partial charge in [0.25, 0.3) is 11.1 Å². The van der Waals surface area contributed by atoms with E-state index in [1.54, 1.807) is 31.4 Å². The molecule has 1 aliphatic rings. The second-order valence-corrected chi connectivity index (χ2v) is 7.03. The monoisotopic (exact) mass is 406 g/mol. The Hall–Kier alpha value is -2.59. The Morgan fingerprint density at radius 1 is 1.25 bits per heavy atom. The number of aromatic nitrogens is 2. The molecule has 0 bridgehead atoms. The molecule has 1 aromatic heterocycles. The van der Waals surface area contributed by atoms with Gasteiger partial charge < -0.3 is 24.5 Å². The molecular weight excluding hydrogens is 384 g/mol. The minimum absolute atomic E-state index is 0.101. The second-order valence-electron chi connectivity index (χ2n) is 6.10. The molecule has 2 heterocycles. The number of amides is 2. The number of nitrogens with one attached hydrogen (secondary N) is 2. The molecule has 0 radical (unpaired) electrons. The topological polar surface area (TPSA) is 116 Å². The first-order chi connectivity index (χ1) is 13.6. The van der Waals surface area contributed by atoms with E-state index in [4.69, 9.17) is 13.9 Å². The highest BCUT2D eigenvalue weighted by atomic mass is 32.2. The van der Waals surface area contributed by atoms with Gasteiger partial charge in [-0.1, -0.05) is 11.8 Å². The Labute approximate surface area is 166 Å². The van der Waals surface area contributed by atoms with Gasteiger partial charge in [0.15, 0.2) is 0 Å². The third kappa shape index (κ3) is 5.96. The molecule has 150 valence electrons. The molecule has 1 fully saturated rings. The Morgan fingerprint density at radius 3 is 2.79 bits per heavy atom. The fourth-order valence-corrected chi connectivity index (χ4v) is 3.19. The molecule has 0 unspecified atom stereocenters. The Morgan fingerprint density at radius 2 is 2.07 bits per heavy atom. The van der Waals surface area contributed by atoms with Crippen LogP contribution in [0.4, 0.5) is 0 Å². The van der Waals surface area contributed by atoms with Crippen LogP contribution in [0, 0.1) is 0 Å². The highest BCUT2D eigenvalue weighted by Gasteiger charge is 2.17. The first-order valence-corrected chi connectivity index (χ1v) is 9.88. The molecule has 3 rings (SSSR count). The highest BCUT2D eigenvalue weighted by Crippen LogP contribution is 2.16. The molecule has 0 saturated carbocycles. The summed E-state index contributed by atoms with van der Waals surface area (Å²) in [4.78, 5) is 24.0. The van der Waals surface area contributed by atoms with Crippen molar-refractivity contribution in [2.75, 3.05) is 26.0 Å². The van der Waals surface area contributed by atoms with Gasteiger partial charge in [0.2, 0.25) is 11.8 Å². The molecule has 2 amide bonds. The first kappa shape index (κ1) is 20.2. The van der Waals surface area contributed by atoms with Crippen LogP contribution in [0.5, 0.6) is 5.75 Å². The van der Waals surface area contributed by atoms with Crippen LogP contribution in [0.15, 0.2) is 33.9 Å². The minimum Gasteiger partial charge on any atom is -0.497 e. The summed E-state index contributed by atoms with van der Waals surface area (Å²) in [6.07, 6.45) is 2.12. The zero-order chi connectivity index (χ0) is 19.8. The summed E-state index contributed by atoms with van der Waals surface area (Å²) in [5.41, 5.74) is 0.498. The lowest BCUT2D eigenvalue weighted by atomic mass is 10.2. The average Bonchev–Trinajstić information content (AvgIpc) is 3.41. The van der Waals surface area contributed by atoms with Crippen LogP contribution in [0.25, 0.3) is 0 Å². The van der Waals surface area contributed by atoms with Crippen LogP contribution >= 0.6 is 11.8 Å². The van der Waals surface area contributed by atoms with Crippen molar-refractivity contribution >= 4 is 23.6 Å². The normalized spacial score (nSPS) is 16.0. The number of methoxy groups -OCH3 is 1. The molecule has 9 nitrogen and oxygen atoms in total. The van der Waals surface area contributed by atoms with E-state index < -0.39 is 0 Å². The standard InChI is InChI=1S/C18H22N4O5S/c1-25-13-6-4-12(5-7-13)17(24)20-10-16-21-22-18(27-16)28-11-15(23)19-9-14-3-2-8-26-14/h4-7,14H,2-3,8-11H2,1H3,(H,19,23)(H,20,24)/t14-/m1/s1. The number of hydrogen-bond acceptors (Lipinski definition) is 8. The molecule has 2 aromatic rings. The quantitative estimate of drug-likeness (QED) is 0.601. The van der Waals surface area contributed by atoms with Crippen molar-refractivity contribution in [1.82, 2.24) is 20.8 Å². The van der Waals surface area contributed by atoms with Crippen molar-refractivity contribution in [3.05, 3.63) is 35.7 Å². The maximum Gasteiger partial charge on any atom is 0.277 e. The molecule has 2 N–H and O–H groups in total. The van der Waals surface area contributed by atoms with Crippen LogP contribution < -0.4 is 15.4 Å². The van der Waals surface area contributed by atoms with E-state index in [1.807, 2.05) is 0 Å². The highest BCUT2D eigenvalue weighted by molar-refractivity contribution is 7.99. The summed E-state index contributed by atoms with van der Waals surface area (Å²) in [5, 5.41) is 13.6. The van der Waals surface area contributed by atoms with E-state index in [-0.39, 0.29) is 41.3 Å². The lowest BCUT2D eigenvalue weighted by Crippen LogP contribution is -2.32. The number of rotatable bonds is 9. The fourth-order valence-electron chi connectivity index (χ4n) is 2.58. The SMILES string of the molecule is COc1ccc(C(=O)NCc2nnc(SCC(=O)NC[C@H]3CCCO3)o2)cc1. The number of nitrogens with zero attached hydrogens (tertiary/aromatic N) is 2. The van der Waals surface area contributed by atoms with Crippen molar-refractivity contribution in [2.24, 2.45) is 0 Å². The Kier molecular flexibility index (Phi) is 7.26. The average molecular weight is 406 g/mol. The van der Waals surface area contributed by atoms with E-state index in [9.17, 15) is 9.59 Å². The molecular formula is C18H22N4O5S. The zero-order valence-electron chi connectivity index (χ0n) is 15.5. The van der Waals surface area contributed by atoms with Crippen LogP contribution in [0.1, 0.15) is 29.1 Å². The van der Waals surface area contributed by atoms with Gasteiger partial charge in [0, 0.05) is 18.7 Å². The zero-order valence-corrected chi connectivity index (χ0v) is 16.3. The van der Waals surface area contributed by atoms with Crippen molar-refractivity contribution in [1.29, 1.82) is 0 Å². The Balaban J connectivity index is 1.38. The number of ether oxygens (including phenoxy) is 2. The molecule has 1 aromatic carbocycles. The summed E-state index contributed by atoms with van der Waals surface area (Å²) in [6.45, 7) is 1.38. The molecule has 1 aliphatic heterocycles. The van der Waals surface area contributed by atoms with Crippen LogP contribution in [-0.4, -0.2) is 54.1 Å². The van der Waals surface area contributed by atoms with Crippen LogP contribution in [0.2, 0.25) is 0 Å². The predicted molar refractivity (Wildman–Crippen MR) is 101 cm³/mol. The third-order valence-electron chi connectivity index (χ3n) is 4.08. The third-order valence-corrected chi connectivity index (χ3v) is 4.90. The molecule has 10 heteroatoms. The molecule has 0 spiro atoms. The van der Waals surface area contributed by atoms with E-state index in [0.717, 1.165) is 31.2 Å². The predicted octanol–water partition coefficient (Wildman–Crippen LogP) is 1.40. The minimum atomic E-state index is -0.261. The van der Waals surface area contributed by atoms with Gasteiger partial charge in [0.1, 0.15) is 5.75 Å². The van der Waals surface area contributed by atoms with Gasteiger partial charge in [-0.15, -0.1) is 10.2 Å². The molecule has 28 heavy (non-hydrogen) atoms. The molecule has 0 aliphatic carbocycles. The van der Waals surface area contributed by atoms with E-state index in [2.05, 4.69) is 20.8 Å². The van der Waals surface area contributed by atoms with Gasteiger partial charge in [0.05, 0.1) is 25.5 Å². The van der Waals surface area contributed by atoms with Crippen molar-refractivity contribution < 1.29 is 23.5 Å². The largest absolute Gasteiger partial charge is 0.497 e. The van der Waals surface area contributed by atoms with E-state index in [0.29, 0.717) is 17.9 Å². The lowest BCUT2D eigenvalue weighted by Gasteiger charge is -2.09. The first-order valence-electron chi connectivity index (χ1n) is 8.90. The van der Waals surface area contributed by atoms with Crippen LogP contribution in [-0.2, 0) is 16.1 Å². The van der Waals surface area contributed by atoms with Crippen molar-refractivity contribution in [3.63, 3.8) is 0 Å². The van der Waals surface area contributed by atoms with Gasteiger partial charge >= 0.3 is 0 Å². The fraction of sp³-hybridized carbons (Fsp3) is 0.444. The maximum atomic E-state index is 12.1. The lowest BCUT2D eigenvalue weighted by molar-refractivity contribution is -0.119. The summed E-state index contributed by atoms with van der Waals surface area (Å²) in [6, 6.07) is 6.75. The maximum absolute atomic E-state index is 12.1.